The van der Waals surface area contributed by atoms with Crippen LogP contribution in [-0.4, -0.2) is 20.7 Å². The number of rotatable bonds is 3. The van der Waals surface area contributed by atoms with E-state index >= 15 is 0 Å². The van der Waals surface area contributed by atoms with Crippen LogP contribution >= 0.6 is 15.9 Å². The number of nitrogens with one attached hydrogen (secondary N) is 1. The number of halogens is 1. The van der Waals surface area contributed by atoms with Crippen LogP contribution in [0.3, 0.4) is 0 Å². The summed E-state index contributed by atoms with van der Waals surface area (Å²) in [5.41, 5.74) is 2.27. The summed E-state index contributed by atoms with van der Waals surface area (Å²) in [5, 5.41) is 3.33. The van der Waals surface area contributed by atoms with E-state index in [1.807, 2.05) is 18.2 Å². The molecule has 5 heteroatoms. The highest BCUT2D eigenvalue weighted by atomic mass is 79.9. The largest absolute Gasteiger partial charge is 0.384 e. The minimum absolute atomic E-state index is 0.0945. The molecule has 0 saturated carbocycles. The average Bonchev–Trinajstić information content (AvgIpc) is 2.47. The number of sulfone groups is 1. The highest BCUT2D eigenvalue weighted by Gasteiger charge is 2.25. The molecule has 1 N–H and O–H groups in total. The molecule has 1 unspecified atom stereocenters. The molecular weight excluding hydrogens is 350 g/mol. The maximum atomic E-state index is 12.4. The van der Waals surface area contributed by atoms with Gasteiger partial charge in [-0.05, 0) is 48.2 Å². The molecule has 0 fully saturated rings. The Morgan fingerprint density at radius 2 is 1.90 bits per heavy atom. The van der Waals surface area contributed by atoms with Crippen LogP contribution in [0.25, 0.3) is 0 Å². The summed E-state index contributed by atoms with van der Waals surface area (Å²) in [7, 11) is -3.22. The molecule has 0 aliphatic carbocycles. The van der Waals surface area contributed by atoms with Gasteiger partial charge in [-0.25, -0.2) is 8.42 Å². The van der Waals surface area contributed by atoms with Crippen molar-refractivity contribution in [2.45, 2.75) is 11.3 Å². The van der Waals surface area contributed by atoms with E-state index in [2.05, 4.69) is 27.3 Å². The minimum Gasteiger partial charge on any atom is -0.384 e. The third kappa shape index (κ3) is 3.30. The molecule has 0 saturated heterocycles. The molecule has 21 heavy (non-hydrogen) atoms. The lowest BCUT2D eigenvalue weighted by atomic mass is 9.95. The third-order valence-electron chi connectivity index (χ3n) is 3.71. The predicted molar refractivity (Wildman–Crippen MR) is 88.3 cm³/mol. The van der Waals surface area contributed by atoms with E-state index in [9.17, 15) is 8.42 Å². The molecule has 2 aromatic rings. The fourth-order valence-electron chi connectivity index (χ4n) is 2.69. The summed E-state index contributed by atoms with van der Waals surface area (Å²) in [5.74, 6) is 0.271. The summed E-state index contributed by atoms with van der Waals surface area (Å²) in [6, 6.07) is 14.8. The summed E-state index contributed by atoms with van der Waals surface area (Å²) in [6.45, 7) is 0.695. The Bertz CT molecular complexity index is 744. The van der Waals surface area contributed by atoms with E-state index in [0.29, 0.717) is 11.4 Å². The number of fused-ring (bicyclic) bond motifs is 1. The van der Waals surface area contributed by atoms with Gasteiger partial charge in [0.1, 0.15) is 0 Å². The predicted octanol–water partition coefficient (Wildman–Crippen LogP) is 3.51. The van der Waals surface area contributed by atoms with Crippen molar-refractivity contribution in [3.63, 3.8) is 0 Å². The quantitative estimate of drug-likeness (QED) is 0.904. The second-order valence-electron chi connectivity index (χ2n) is 5.35. The van der Waals surface area contributed by atoms with Gasteiger partial charge in [0.05, 0.1) is 10.6 Å². The first-order valence-electron chi connectivity index (χ1n) is 6.85. The van der Waals surface area contributed by atoms with Crippen molar-refractivity contribution in [2.75, 3.05) is 17.6 Å². The molecule has 0 spiro atoms. The van der Waals surface area contributed by atoms with Crippen molar-refractivity contribution in [1.29, 1.82) is 0 Å². The van der Waals surface area contributed by atoms with Gasteiger partial charge >= 0.3 is 0 Å². The monoisotopic (exact) mass is 365 g/mol. The average molecular weight is 366 g/mol. The Morgan fingerprint density at radius 1 is 1.14 bits per heavy atom. The molecule has 0 radical (unpaired) electrons. The lowest BCUT2D eigenvalue weighted by molar-refractivity contribution is 0.553. The van der Waals surface area contributed by atoms with Crippen LogP contribution in [0, 0.1) is 5.92 Å². The smallest absolute Gasteiger partial charge is 0.178 e. The molecule has 110 valence electrons. The second kappa shape index (κ2) is 5.81. The Balaban J connectivity index is 1.78. The first-order chi connectivity index (χ1) is 10.0. The zero-order chi connectivity index (χ0) is 14.9. The van der Waals surface area contributed by atoms with Gasteiger partial charge in [-0.3, -0.25) is 0 Å². The summed E-state index contributed by atoms with van der Waals surface area (Å²) >= 11 is 3.46. The molecule has 3 rings (SSSR count). The van der Waals surface area contributed by atoms with Crippen molar-refractivity contribution in [3.05, 3.63) is 58.6 Å². The Kier molecular flexibility index (Phi) is 4.04. The van der Waals surface area contributed by atoms with Crippen molar-refractivity contribution < 1.29 is 8.42 Å². The minimum atomic E-state index is -3.22. The molecule has 2 aromatic carbocycles. The fraction of sp³-hybridized carbons (Fsp3) is 0.250. The van der Waals surface area contributed by atoms with Crippen LogP contribution in [0.15, 0.2) is 57.9 Å². The zero-order valence-electron chi connectivity index (χ0n) is 11.4. The van der Waals surface area contributed by atoms with Crippen molar-refractivity contribution in [2.24, 2.45) is 5.92 Å². The number of anilines is 1. The number of hydrogen-bond acceptors (Lipinski definition) is 3. The standard InChI is InChI=1S/C16H16BrNO2S/c17-14-6-7-16-13(9-14)8-12(10-18-16)11-21(19,20)15-4-2-1-3-5-15/h1-7,9,12,18H,8,10-11H2. The molecule has 1 aliphatic heterocycles. The lowest BCUT2D eigenvalue weighted by Gasteiger charge is -2.26. The van der Waals surface area contributed by atoms with Crippen LogP contribution in [0.1, 0.15) is 5.56 Å². The Labute approximate surface area is 133 Å². The van der Waals surface area contributed by atoms with E-state index in [0.717, 1.165) is 16.6 Å². The van der Waals surface area contributed by atoms with Gasteiger partial charge in [-0.1, -0.05) is 34.1 Å². The summed E-state index contributed by atoms with van der Waals surface area (Å²) in [6.07, 6.45) is 0.786. The maximum absolute atomic E-state index is 12.4. The SMILES string of the molecule is O=S(=O)(CC1CNc2ccc(Br)cc2C1)c1ccccc1. The van der Waals surface area contributed by atoms with E-state index in [1.54, 1.807) is 24.3 Å². The summed E-state index contributed by atoms with van der Waals surface area (Å²) in [4.78, 5) is 0.407. The van der Waals surface area contributed by atoms with Gasteiger partial charge in [0.2, 0.25) is 0 Å². The van der Waals surface area contributed by atoms with E-state index in [-0.39, 0.29) is 11.7 Å². The number of hydrogen-bond donors (Lipinski definition) is 1. The molecule has 0 bridgehead atoms. The molecule has 1 aliphatic rings. The third-order valence-corrected chi connectivity index (χ3v) is 6.11. The molecule has 0 aromatic heterocycles. The molecule has 1 atom stereocenters. The molecule has 1 heterocycles. The van der Waals surface area contributed by atoms with Crippen LogP contribution in [0.5, 0.6) is 0 Å². The highest BCUT2D eigenvalue weighted by molar-refractivity contribution is 9.10. The van der Waals surface area contributed by atoms with Gasteiger partial charge in [0.25, 0.3) is 0 Å². The van der Waals surface area contributed by atoms with E-state index in [1.165, 1.54) is 5.56 Å². The lowest BCUT2D eigenvalue weighted by Crippen LogP contribution is -2.29. The van der Waals surface area contributed by atoms with Crippen LogP contribution in [0.2, 0.25) is 0 Å². The van der Waals surface area contributed by atoms with Crippen molar-refractivity contribution in [1.82, 2.24) is 0 Å². The van der Waals surface area contributed by atoms with E-state index < -0.39 is 9.84 Å². The van der Waals surface area contributed by atoms with E-state index in [4.69, 9.17) is 0 Å². The van der Waals surface area contributed by atoms with Gasteiger partial charge < -0.3 is 5.32 Å². The second-order valence-corrected chi connectivity index (χ2v) is 8.30. The van der Waals surface area contributed by atoms with Crippen molar-refractivity contribution in [3.8, 4) is 0 Å². The number of benzene rings is 2. The highest BCUT2D eigenvalue weighted by Crippen LogP contribution is 2.29. The first-order valence-corrected chi connectivity index (χ1v) is 9.29. The molecular formula is C16H16BrNO2S. The maximum Gasteiger partial charge on any atom is 0.178 e. The van der Waals surface area contributed by atoms with Crippen molar-refractivity contribution >= 4 is 31.5 Å². The summed E-state index contributed by atoms with van der Waals surface area (Å²) < 4.78 is 25.9. The van der Waals surface area contributed by atoms with Gasteiger partial charge in [0, 0.05) is 16.7 Å². The topological polar surface area (TPSA) is 46.2 Å². The first kappa shape index (κ1) is 14.6. The van der Waals surface area contributed by atoms with Crippen LogP contribution in [-0.2, 0) is 16.3 Å². The normalized spacial score (nSPS) is 17.9. The zero-order valence-corrected chi connectivity index (χ0v) is 13.8. The van der Waals surface area contributed by atoms with Crippen LogP contribution < -0.4 is 5.32 Å². The van der Waals surface area contributed by atoms with Gasteiger partial charge in [0.15, 0.2) is 9.84 Å². The Morgan fingerprint density at radius 3 is 2.67 bits per heavy atom. The van der Waals surface area contributed by atoms with Gasteiger partial charge in [-0.2, -0.15) is 0 Å². The molecule has 3 nitrogen and oxygen atoms in total. The fourth-order valence-corrected chi connectivity index (χ4v) is 4.72. The Hall–Kier alpha value is -1.33. The van der Waals surface area contributed by atoms with Crippen LogP contribution in [0.4, 0.5) is 5.69 Å². The van der Waals surface area contributed by atoms with Gasteiger partial charge in [-0.15, -0.1) is 0 Å². The molecule has 0 amide bonds.